The highest BCUT2D eigenvalue weighted by molar-refractivity contribution is 5.77. The summed E-state index contributed by atoms with van der Waals surface area (Å²) in [4.78, 5) is 28.4. The number of carbonyl (C=O) groups excluding carboxylic acids is 1. The fraction of sp³-hybridized carbons (Fsp3) is 0.464. The standard InChI is InChI=1S/C28H32FN7O4/c1-28(7-4-21(5-8-28)35-10-12-39-13-11-35)34-27-32-18-31-26(33-27)19-2-3-23(20(14-19)15-30)40-24-6-9-36(16-22(24)29)25(38)17-37/h2-5,7,14,18,22,24,37H,6,8-13,16-17H2,1H3,(H,31,32,33,34)/t22-,24?,28?/m1/s1. The van der Waals surface area contributed by atoms with E-state index in [2.05, 4.69) is 56.4 Å². The van der Waals surface area contributed by atoms with Crippen LogP contribution < -0.4 is 10.1 Å². The maximum absolute atomic E-state index is 14.7. The summed E-state index contributed by atoms with van der Waals surface area (Å²) in [5.74, 6) is 0.518. The molecular formula is C28H32FN7O4. The molecule has 0 spiro atoms. The molecule has 1 aromatic heterocycles. The average Bonchev–Trinajstić information content (AvgIpc) is 2.98. The molecule has 2 N–H and O–H groups in total. The Morgan fingerprint density at radius 2 is 2.15 bits per heavy atom. The Morgan fingerprint density at radius 3 is 2.85 bits per heavy atom. The average molecular weight is 550 g/mol. The molecule has 40 heavy (non-hydrogen) atoms. The molecular weight excluding hydrogens is 517 g/mol. The van der Waals surface area contributed by atoms with E-state index in [9.17, 15) is 14.4 Å². The van der Waals surface area contributed by atoms with Gasteiger partial charge in [-0.2, -0.15) is 10.2 Å². The Labute approximate surface area is 231 Å². The van der Waals surface area contributed by atoms with Gasteiger partial charge in [0, 0.05) is 37.3 Å². The summed E-state index contributed by atoms with van der Waals surface area (Å²) in [6.07, 6.45) is 6.60. The van der Waals surface area contributed by atoms with Gasteiger partial charge in [-0.15, -0.1) is 0 Å². The summed E-state index contributed by atoms with van der Waals surface area (Å²) >= 11 is 0. The second-order valence-corrected chi connectivity index (χ2v) is 10.2. The van der Waals surface area contributed by atoms with Gasteiger partial charge in [-0.25, -0.2) is 14.4 Å². The fourth-order valence-corrected chi connectivity index (χ4v) is 4.99. The van der Waals surface area contributed by atoms with Gasteiger partial charge in [-0.3, -0.25) is 4.79 Å². The van der Waals surface area contributed by atoms with E-state index in [1.165, 1.54) is 16.9 Å². The van der Waals surface area contributed by atoms with Crippen LogP contribution in [0.1, 0.15) is 25.3 Å². The van der Waals surface area contributed by atoms with Crippen LogP contribution >= 0.6 is 0 Å². The van der Waals surface area contributed by atoms with Gasteiger partial charge < -0.3 is 29.7 Å². The number of aliphatic hydroxyl groups is 1. The summed E-state index contributed by atoms with van der Waals surface area (Å²) in [7, 11) is 0. The van der Waals surface area contributed by atoms with Crippen LogP contribution in [0.25, 0.3) is 11.4 Å². The Morgan fingerprint density at radius 1 is 1.32 bits per heavy atom. The number of aromatic nitrogens is 3. The number of benzene rings is 1. The molecule has 1 aromatic carbocycles. The van der Waals surface area contributed by atoms with Crippen molar-refractivity contribution in [3.63, 3.8) is 0 Å². The molecule has 0 bridgehead atoms. The van der Waals surface area contributed by atoms with E-state index in [4.69, 9.17) is 14.6 Å². The van der Waals surface area contributed by atoms with E-state index >= 15 is 0 Å². The van der Waals surface area contributed by atoms with Crippen molar-refractivity contribution < 1.29 is 23.8 Å². The molecule has 2 aromatic rings. The summed E-state index contributed by atoms with van der Waals surface area (Å²) in [5.41, 5.74) is 1.61. The van der Waals surface area contributed by atoms with Crippen molar-refractivity contribution in [1.82, 2.24) is 24.8 Å². The molecule has 3 heterocycles. The highest BCUT2D eigenvalue weighted by Crippen LogP contribution is 2.30. The first-order chi connectivity index (χ1) is 19.4. The van der Waals surface area contributed by atoms with Crippen LogP contribution in [0.15, 0.2) is 48.5 Å². The molecule has 1 aliphatic carbocycles. The number of amides is 1. The van der Waals surface area contributed by atoms with Gasteiger partial charge in [-0.05, 0) is 37.6 Å². The number of piperidine rings is 1. The predicted molar refractivity (Wildman–Crippen MR) is 144 cm³/mol. The number of rotatable bonds is 7. The molecule has 2 unspecified atom stereocenters. The van der Waals surface area contributed by atoms with Gasteiger partial charge in [0.15, 0.2) is 12.0 Å². The molecule has 11 nitrogen and oxygen atoms in total. The lowest BCUT2D eigenvalue weighted by atomic mass is 9.92. The van der Waals surface area contributed by atoms with Crippen LogP contribution in [-0.4, -0.2) is 99.6 Å². The van der Waals surface area contributed by atoms with Crippen molar-refractivity contribution in [1.29, 1.82) is 5.26 Å². The minimum Gasteiger partial charge on any atom is -0.486 e. The second-order valence-electron chi connectivity index (χ2n) is 10.2. The second kappa shape index (κ2) is 12.0. The number of alkyl halides is 1. The SMILES string of the molecule is CC1(Nc2ncnc(-c3ccc(OC4CCN(C(=O)CO)C[C@H]4F)c(C#N)c3)n2)C=CC(N2CCOCC2)=CC1. The number of hydrogen-bond acceptors (Lipinski definition) is 10. The Hall–Kier alpha value is -4.08. The zero-order chi connectivity index (χ0) is 28.1. The van der Waals surface area contributed by atoms with Crippen molar-refractivity contribution >= 4 is 11.9 Å². The number of likely N-dealkylation sites (tertiary alicyclic amines) is 1. The zero-order valence-corrected chi connectivity index (χ0v) is 22.3. The molecule has 3 atom stereocenters. The lowest BCUT2D eigenvalue weighted by molar-refractivity contribution is -0.138. The third-order valence-electron chi connectivity index (χ3n) is 7.31. The number of carbonyl (C=O) groups is 1. The van der Waals surface area contributed by atoms with E-state index in [0.717, 1.165) is 32.7 Å². The molecule has 0 radical (unpaired) electrons. The van der Waals surface area contributed by atoms with Crippen LogP contribution in [-0.2, 0) is 9.53 Å². The van der Waals surface area contributed by atoms with Crippen LogP contribution in [0.4, 0.5) is 10.3 Å². The third-order valence-corrected chi connectivity index (χ3v) is 7.31. The number of allylic oxidation sites excluding steroid dienone is 1. The summed E-state index contributed by atoms with van der Waals surface area (Å²) in [6, 6.07) is 7.03. The van der Waals surface area contributed by atoms with Gasteiger partial charge in [0.1, 0.15) is 30.9 Å². The summed E-state index contributed by atoms with van der Waals surface area (Å²) in [5, 5.41) is 22.2. The predicted octanol–water partition coefficient (Wildman–Crippen LogP) is 2.07. The van der Waals surface area contributed by atoms with E-state index in [1.54, 1.807) is 18.2 Å². The molecule has 2 saturated heterocycles. The largest absolute Gasteiger partial charge is 0.486 e. The normalized spacial score (nSPS) is 24.7. The maximum Gasteiger partial charge on any atom is 0.248 e. The Kier molecular flexibility index (Phi) is 8.23. The molecule has 2 aliphatic heterocycles. The number of morpholine rings is 1. The fourth-order valence-electron chi connectivity index (χ4n) is 4.99. The third kappa shape index (κ3) is 6.21. The van der Waals surface area contributed by atoms with Gasteiger partial charge >= 0.3 is 0 Å². The summed E-state index contributed by atoms with van der Waals surface area (Å²) in [6.45, 7) is 4.75. The smallest absolute Gasteiger partial charge is 0.248 e. The van der Waals surface area contributed by atoms with Crippen LogP contribution in [0.3, 0.4) is 0 Å². The lowest BCUT2D eigenvalue weighted by Crippen LogP contribution is -2.50. The molecule has 3 aliphatic rings. The highest BCUT2D eigenvalue weighted by atomic mass is 19.1. The van der Waals surface area contributed by atoms with Crippen molar-refractivity contribution in [2.24, 2.45) is 0 Å². The monoisotopic (exact) mass is 549 g/mol. The van der Waals surface area contributed by atoms with E-state index < -0.39 is 24.8 Å². The molecule has 5 rings (SSSR count). The van der Waals surface area contributed by atoms with E-state index in [0.29, 0.717) is 17.3 Å². The lowest BCUT2D eigenvalue weighted by Gasteiger charge is -2.35. The number of halogens is 1. The van der Waals surface area contributed by atoms with Crippen molar-refractivity contribution in [3.05, 3.63) is 54.0 Å². The quantitative estimate of drug-likeness (QED) is 0.528. The topological polar surface area (TPSA) is 137 Å². The number of nitriles is 1. The summed E-state index contributed by atoms with van der Waals surface area (Å²) < 4.78 is 26.0. The highest BCUT2D eigenvalue weighted by Gasteiger charge is 2.33. The number of nitrogens with zero attached hydrogens (tertiary/aromatic N) is 6. The van der Waals surface area contributed by atoms with Crippen LogP contribution in [0.5, 0.6) is 5.75 Å². The number of ether oxygens (including phenoxy) is 2. The molecule has 1 amide bonds. The van der Waals surface area contributed by atoms with Gasteiger partial charge in [-0.1, -0.05) is 12.2 Å². The first-order valence-corrected chi connectivity index (χ1v) is 13.3. The number of anilines is 1. The zero-order valence-electron chi connectivity index (χ0n) is 22.3. The number of hydrogen-bond donors (Lipinski definition) is 2. The Balaban J connectivity index is 1.25. The van der Waals surface area contributed by atoms with Crippen molar-refractivity contribution in [2.45, 2.75) is 37.6 Å². The van der Waals surface area contributed by atoms with Crippen LogP contribution in [0, 0.1) is 11.3 Å². The maximum atomic E-state index is 14.7. The Bertz CT molecular complexity index is 1340. The number of nitrogens with one attached hydrogen (secondary N) is 1. The molecule has 210 valence electrons. The van der Waals surface area contributed by atoms with Crippen LogP contribution in [0.2, 0.25) is 0 Å². The van der Waals surface area contributed by atoms with Gasteiger partial charge in [0.2, 0.25) is 11.9 Å². The first kappa shape index (κ1) is 27.5. The first-order valence-electron chi connectivity index (χ1n) is 13.3. The van der Waals surface area contributed by atoms with Crippen molar-refractivity contribution in [3.8, 4) is 23.2 Å². The van der Waals surface area contributed by atoms with E-state index in [1.807, 2.05) is 0 Å². The number of aliphatic hydroxyl groups excluding tert-OH is 1. The molecule has 2 fully saturated rings. The molecule has 0 saturated carbocycles. The van der Waals surface area contributed by atoms with Gasteiger partial charge in [0.05, 0.1) is 30.9 Å². The minimum atomic E-state index is -1.44. The minimum absolute atomic E-state index is 0.164. The van der Waals surface area contributed by atoms with E-state index in [-0.39, 0.29) is 36.4 Å². The van der Waals surface area contributed by atoms with Gasteiger partial charge in [0.25, 0.3) is 0 Å². The van der Waals surface area contributed by atoms with Crippen molar-refractivity contribution in [2.75, 3.05) is 51.3 Å². The molecule has 12 heteroatoms.